The quantitative estimate of drug-likeness (QED) is 0.838. The molecular formula is C15H26N2O. The lowest BCUT2D eigenvalue weighted by molar-refractivity contribution is 0.236. The summed E-state index contributed by atoms with van der Waals surface area (Å²) in [7, 11) is 0. The van der Waals surface area contributed by atoms with E-state index in [4.69, 9.17) is 4.74 Å². The van der Waals surface area contributed by atoms with Crippen LogP contribution in [0.15, 0.2) is 18.3 Å². The maximum atomic E-state index is 5.65. The zero-order valence-electron chi connectivity index (χ0n) is 12.3. The van der Waals surface area contributed by atoms with Crippen LogP contribution in [0.3, 0.4) is 0 Å². The fraction of sp³-hybridized carbons (Fsp3) is 0.667. The third-order valence-electron chi connectivity index (χ3n) is 2.87. The second-order valence-corrected chi connectivity index (χ2v) is 5.87. The summed E-state index contributed by atoms with van der Waals surface area (Å²) in [5, 5.41) is 3.36. The smallest absolute Gasteiger partial charge is 0.213 e. The van der Waals surface area contributed by atoms with Crippen molar-refractivity contribution in [3.05, 3.63) is 23.9 Å². The molecule has 0 saturated carbocycles. The Morgan fingerprint density at radius 1 is 1.33 bits per heavy atom. The zero-order valence-corrected chi connectivity index (χ0v) is 12.3. The van der Waals surface area contributed by atoms with Gasteiger partial charge in [0.1, 0.15) is 0 Å². The van der Waals surface area contributed by atoms with Crippen LogP contribution in [0.1, 0.15) is 52.6 Å². The van der Waals surface area contributed by atoms with E-state index in [2.05, 4.69) is 51.0 Å². The Kier molecular flexibility index (Phi) is 5.60. The van der Waals surface area contributed by atoms with Crippen molar-refractivity contribution in [2.75, 3.05) is 13.2 Å². The van der Waals surface area contributed by atoms with E-state index in [9.17, 15) is 0 Å². The maximum Gasteiger partial charge on any atom is 0.213 e. The summed E-state index contributed by atoms with van der Waals surface area (Å²) in [5.41, 5.74) is 1.50. The summed E-state index contributed by atoms with van der Waals surface area (Å²) in [5.74, 6) is 0.715. The van der Waals surface area contributed by atoms with Gasteiger partial charge in [-0.15, -0.1) is 0 Å². The van der Waals surface area contributed by atoms with E-state index >= 15 is 0 Å². The van der Waals surface area contributed by atoms with Gasteiger partial charge in [-0.3, -0.25) is 0 Å². The summed E-state index contributed by atoms with van der Waals surface area (Å²) in [6.07, 6.45) is 2.92. The molecule has 0 amide bonds. The van der Waals surface area contributed by atoms with Crippen LogP contribution in [0.4, 0.5) is 0 Å². The summed E-state index contributed by atoms with van der Waals surface area (Å²) < 4.78 is 5.65. The molecule has 1 rings (SSSR count). The van der Waals surface area contributed by atoms with Crippen LogP contribution >= 0.6 is 0 Å². The number of ether oxygens (including phenoxy) is 1. The van der Waals surface area contributed by atoms with Gasteiger partial charge in [-0.1, -0.05) is 33.8 Å². The summed E-state index contributed by atoms with van der Waals surface area (Å²) in [6.45, 7) is 12.6. The lowest BCUT2D eigenvalue weighted by Gasteiger charge is -2.18. The largest absolute Gasteiger partial charge is 0.478 e. The van der Waals surface area contributed by atoms with Crippen LogP contribution in [0, 0.1) is 5.41 Å². The molecule has 0 spiro atoms. The molecule has 0 aromatic carbocycles. The van der Waals surface area contributed by atoms with Crippen molar-refractivity contribution in [1.82, 2.24) is 10.3 Å². The van der Waals surface area contributed by atoms with Gasteiger partial charge in [-0.2, -0.15) is 0 Å². The molecule has 3 heteroatoms. The maximum absolute atomic E-state index is 5.65. The topological polar surface area (TPSA) is 34.1 Å². The Bertz CT molecular complexity index is 341. The van der Waals surface area contributed by atoms with E-state index in [1.165, 1.54) is 5.56 Å². The zero-order chi connectivity index (χ0) is 13.6. The van der Waals surface area contributed by atoms with E-state index in [1.807, 2.05) is 12.3 Å². The molecule has 1 unspecified atom stereocenters. The SMILES string of the molecule is CCNC(C)c1ccc(OCCC(C)(C)C)nc1. The van der Waals surface area contributed by atoms with Crippen molar-refractivity contribution in [2.24, 2.45) is 5.41 Å². The van der Waals surface area contributed by atoms with E-state index in [1.54, 1.807) is 0 Å². The Morgan fingerprint density at radius 3 is 2.56 bits per heavy atom. The molecule has 1 atom stereocenters. The summed E-state index contributed by atoms with van der Waals surface area (Å²) in [6, 6.07) is 4.37. The Morgan fingerprint density at radius 2 is 2.06 bits per heavy atom. The molecule has 0 aliphatic rings. The number of nitrogens with one attached hydrogen (secondary N) is 1. The highest BCUT2D eigenvalue weighted by molar-refractivity contribution is 5.20. The molecule has 102 valence electrons. The number of rotatable bonds is 6. The second-order valence-electron chi connectivity index (χ2n) is 5.87. The highest BCUT2D eigenvalue weighted by Crippen LogP contribution is 2.19. The fourth-order valence-electron chi connectivity index (χ4n) is 1.62. The highest BCUT2D eigenvalue weighted by Gasteiger charge is 2.10. The molecule has 1 aromatic rings. The molecule has 0 aliphatic carbocycles. The number of nitrogens with zero attached hydrogens (tertiary/aromatic N) is 1. The van der Waals surface area contributed by atoms with Gasteiger partial charge in [0.2, 0.25) is 5.88 Å². The first-order chi connectivity index (χ1) is 8.42. The number of pyridine rings is 1. The molecule has 0 saturated heterocycles. The lowest BCUT2D eigenvalue weighted by Crippen LogP contribution is -2.17. The highest BCUT2D eigenvalue weighted by atomic mass is 16.5. The minimum Gasteiger partial charge on any atom is -0.478 e. The fourth-order valence-corrected chi connectivity index (χ4v) is 1.62. The van der Waals surface area contributed by atoms with E-state index in [0.717, 1.165) is 19.6 Å². The van der Waals surface area contributed by atoms with E-state index in [-0.39, 0.29) is 0 Å². The van der Waals surface area contributed by atoms with Crippen LogP contribution in [0.5, 0.6) is 5.88 Å². The van der Waals surface area contributed by atoms with Gasteiger partial charge in [-0.05, 0) is 30.9 Å². The number of hydrogen-bond acceptors (Lipinski definition) is 3. The molecular weight excluding hydrogens is 224 g/mol. The third kappa shape index (κ3) is 5.50. The molecule has 0 aliphatic heterocycles. The Labute approximate surface area is 111 Å². The van der Waals surface area contributed by atoms with Gasteiger partial charge in [0, 0.05) is 18.3 Å². The molecule has 0 fully saturated rings. The number of hydrogen-bond donors (Lipinski definition) is 1. The second kappa shape index (κ2) is 6.74. The number of aromatic nitrogens is 1. The van der Waals surface area contributed by atoms with Crippen molar-refractivity contribution in [2.45, 2.75) is 47.1 Å². The average molecular weight is 250 g/mol. The van der Waals surface area contributed by atoms with Crippen molar-refractivity contribution in [3.8, 4) is 5.88 Å². The Hall–Kier alpha value is -1.09. The summed E-state index contributed by atoms with van der Waals surface area (Å²) >= 11 is 0. The first kappa shape index (κ1) is 15.0. The van der Waals surface area contributed by atoms with Gasteiger partial charge in [-0.25, -0.2) is 4.98 Å². The van der Waals surface area contributed by atoms with Crippen molar-refractivity contribution >= 4 is 0 Å². The Balaban J connectivity index is 2.45. The molecule has 3 nitrogen and oxygen atoms in total. The molecule has 0 radical (unpaired) electrons. The molecule has 0 bridgehead atoms. The van der Waals surface area contributed by atoms with Crippen LogP contribution in [0.2, 0.25) is 0 Å². The van der Waals surface area contributed by atoms with Crippen molar-refractivity contribution in [3.63, 3.8) is 0 Å². The molecule has 18 heavy (non-hydrogen) atoms. The minimum atomic E-state index is 0.305. The lowest BCUT2D eigenvalue weighted by atomic mass is 9.93. The van der Waals surface area contributed by atoms with Gasteiger partial charge >= 0.3 is 0 Å². The van der Waals surface area contributed by atoms with Crippen molar-refractivity contribution in [1.29, 1.82) is 0 Å². The van der Waals surface area contributed by atoms with E-state index in [0.29, 0.717) is 17.3 Å². The average Bonchev–Trinajstić information content (AvgIpc) is 2.28. The molecule has 1 heterocycles. The van der Waals surface area contributed by atoms with Crippen LogP contribution in [0.25, 0.3) is 0 Å². The monoisotopic (exact) mass is 250 g/mol. The molecule has 1 aromatic heterocycles. The predicted octanol–water partition coefficient (Wildman–Crippen LogP) is 3.57. The van der Waals surface area contributed by atoms with Gasteiger partial charge in [0.25, 0.3) is 0 Å². The first-order valence-electron chi connectivity index (χ1n) is 6.74. The van der Waals surface area contributed by atoms with E-state index < -0.39 is 0 Å². The summed E-state index contributed by atoms with van der Waals surface area (Å²) in [4.78, 5) is 4.34. The van der Waals surface area contributed by atoms with Crippen LogP contribution in [-0.4, -0.2) is 18.1 Å². The molecule has 1 N–H and O–H groups in total. The minimum absolute atomic E-state index is 0.305. The standard InChI is InChI=1S/C15H26N2O/c1-6-16-12(2)13-7-8-14(17-11-13)18-10-9-15(3,4)5/h7-8,11-12,16H,6,9-10H2,1-5H3. The van der Waals surface area contributed by atoms with Gasteiger partial charge in [0.15, 0.2) is 0 Å². The van der Waals surface area contributed by atoms with Gasteiger partial charge in [0.05, 0.1) is 6.61 Å². The van der Waals surface area contributed by atoms with Crippen LogP contribution < -0.4 is 10.1 Å². The van der Waals surface area contributed by atoms with Crippen LogP contribution in [-0.2, 0) is 0 Å². The predicted molar refractivity (Wildman–Crippen MR) is 75.9 cm³/mol. The normalized spacial score (nSPS) is 13.4. The first-order valence-corrected chi connectivity index (χ1v) is 6.74. The van der Waals surface area contributed by atoms with Crippen molar-refractivity contribution < 1.29 is 4.74 Å². The third-order valence-corrected chi connectivity index (χ3v) is 2.87. The van der Waals surface area contributed by atoms with Gasteiger partial charge < -0.3 is 10.1 Å².